The predicted molar refractivity (Wildman–Crippen MR) is 46.6 cm³/mol. The normalized spacial score (nSPS) is 9.30. The number of hydrogen-bond acceptors (Lipinski definition) is 2. The van der Waals surface area contributed by atoms with Gasteiger partial charge in [-0.3, -0.25) is 4.99 Å². The van der Waals surface area contributed by atoms with Crippen molar-refractivity contribution in [2.45, 2.75) is 19.8 Å². The highest BCUT2D eigenvalue weighted by molar-refractivity contribution is 5.26. The maximum atomic E-state index is 5.42. The van der Waals surface area contributed by atoms with Gasteiger partial charge in [0.15, 0.2) is 0 Å². The lowest BCUT2D eigenvalue weighted by Crippen LogP contribution is -1.94. The summed E-state index contributed by atoms with van der Waals surface area (Å²) in [5.74, 6) is 0. The molecule has 0 radical (unpaired) electrons. The average molecular weight is 138 g/mol. The Balaban J connectivity index is 0. The van der Waals surface area contributed by atoms with Crippen LogP contribution in [0.1, 0.15) is 19.8 Å². The molecule has 0 spiro atoms. The van der Waals surface area contributed by atoms with E-state index in [2.05, 4.69) is 31.5 Å². The first-order valence-electron chi connectivity index (χ1n) is 3.05. The molecule has 2 heteroatoms. The van der Waals surface area contributed by atoms with Crippen molar-refractivity contribution in [2.24, 2.45) is 10.7 Å². The van der Waals surface area contributed by atoms with Crippen LogP contribution in [0.25, 0.3) is 0 Å². The van der Waals surface area contributed by atoms with Crippen LogP contribution < -0.4 is 5.73 Å². The van der Waals surface area contributed by atoms with E-state index >= 15 is 0 Å². The molecule has 0 aliphatic heterocycles. The molecule has 2 N–H and O–H groups in total. The molecule has 0 rings (SSSR count). The number of rotatable bonds is 3. The number of allylic oxidation sites excluding steroid dienone is 1. The van der Waals surface area contributed by atoms with Gasteiger partial charge in [0.05, 0.1) is 0 Å². The van der Waals surface area contributed by atoms with Crippen molar-refractivity contribution < 1.29 is 0 Å². The van der Waals surface area contributed by atoms with Gasteiger partial charge < -0.3 is 5.73 Å². The second-order valence-corrected chi connectivity index (χ2v) is 1.64. The molecule has 0 aromatic carbocycles. The molecule has 0 bridgehead atoms. The van der Waals surface area contributed by atoms with Crippen LogP contribution in [0.5, 0.6) is 0 Å². The summed E-state index contributed by atoms with van der Waals surface area (Å²) in [5.41, 5.74) is 6.23. The molecule has 0 aliphatic carbocycles. The minimum absolute atomic E-state index is 0.808. The SMILES string of the molecule is C#C.C=N/C=C(\N)CCC. The summed E-state index contributed by atoms with van der Waals surface area (Å²) in [7, 11) is 0. The Morgan fingerprint density at radius 1 is 1.70 bits per heavy atom. The Hall–Kier alpha value is -1.23. The highest BCUT2D eigenvalue weighted by Gasteiger charge is 1.82. The first kappa shape index (κ1) is 11.6. The first-order valence-corrected chi connectivity index (χ1v) is 3.05. The van der Waals surface area contributed by atoms with Gasteiger partial charge in [0.25, 0.3) is 0 Å². The third-order valence-electron chi connectivity index (χ3n) is 0.796. The molecule has 0 aromatic rings. The van der Waals surface area contributed by atoms with Gasteiger partial charge in [0.1, 0.15) is 0 Å². The van der Waals surface area contributed by atoms with E-state index in [0.717, 1.165) is 18.5 Å². The second kappa shape index (κ2) is 10.7. The molecule has 0 unspecified atom stereocenters. The number of hydrogen-bond donors (Lipinski definition) is 1. The fourth-order valence-corrected chi connectivity index (χ4v) is 0.470. The van der Waals surface area contributed by atoms with E-state index in [4.69, 9.17) is 5.73 Å². The molecule has 0 atom stereocenters. The zero-order chi connectivity index (χ0) is 8.41. The first-order chi connectivity index (χ1) is 4.81. The summed E-state index contributed by atoms with van der Waals surface area (Å²) in [5, 5.41) is 0. The maximum Gasteiger partial charge on any atom is 0.0448 e. The largest absolute Gasteiger partial charge is 0.401 e. The van der Waals surface area contributed by atoms with E-state index in [1.54, 1.807) is 6.20 Å². The molecule has 2 nitrogen and oxygen atoms in total. The predicted octanol–water partition coefficient (Wildman–Crippen LogP) is 1.54. The topological polar surface area (TPSA) is 38.4 Å². The van der Waals surface area contributed by atoms with E-state index in [9.17, 15) is 0 Å². The lowest BCUT2D eigenvalue weighted by molar-refractivity contribution is 0.889. The van der Waals surface area contributed by atoms with Crippen molar-refractivity contribution in [1.29, 1.82) is 0 Å². The van der Waals surface area contributed by atoms with Crippen LogP contribution in [0, 0.1) is 12.8 Å². The average Bonchev–Trinajstić information content (AvgIpc) is 1.93. The van der Waals surface area contributed by atoms with Crippen molar-refractivity contribution in [3.05, 3.63) is 11.9 Å². The molecule has 0 aromatic heterocycles. The Morgan fingerprint density at radius 2 is 2.20 bits per heavy atom. The van der Waals surface area contributed by atoms with Crippen molar-refractivity contribution in [1.82, 2.24) is 0 Å². The molecule has 0 amide bonds. The van der Waals surface area contributed by atoms with Crippen LogP contribution in [-0.2, 0) is 0 Å². The molecule has 0 heterocycles. The van der Waals surface area contributed by atoms with Crippen LogP contribution in [-0.4, -0.2) is 6.72 Å². The molecule has 0 saturated heterocycles. The Labute approximate surface area is 62.8 Å². The fourth-order valence-electron chi connectivity index (χ4n) is 0.470. The van der Waals surface area contributed by atoms with Crippen LogP contribution in [0.15, 0.2) is 16.9 Å². The van der Waals surface area contributed by atoms with Gasteiger partial charge in [-0.25, -0.2) is 0 Å². The Bertz CT molecular complexity index is 122. The summed E-state index contributed by atoms with van der Waals surface area (Å²) >= 11 is 0. The van der Waals surface area contributed by atoms with E-state index in [1.165, 1.54) is 0 Å². The van der Waals surface area contributed by atoms with Gasteiger partial charge in [-0.15, -0.1) is 12.8 Å². The number of terminal acetylenes is 1. The van der Waals surface area contributed by atoms with E-state index in [0.29, 0.717) is 0 Å². The maximum absolute atomic E-state index is 5.42. The number of nitrogens with two attached hydrogens (primary N) is 1. The summed E-state index contributed by atoms with van der Waals surface area (Å²) in [6.45, 7) is 5.35. The third kappa shape index (κ3) is 9.91. The second-order valence-electron chi connectivity index (χ2n) is 1.64. The van der Waals surface area contributed by atoms with Crippen LogP contribution in [0.3, 0.4) is 0 Å². The summed E-state index contributed by atoms with van der Waals surface area (Å²) in [6, 6.07) is 0. The molecule has 0 saturated carbocycles. The minimum atomic E-state index is 0.808. The van der Waals surface area contributed by atoms with Crippen LogP contribution in [0.2, 0.25) is 0 Å². The highest BCUT2D eigenvalue weighted by Crippen LogP contribution is 1.95. The van der Waals surface area contributed by atoms with E-state index in [1.807, 2.05) is 0 Å². The smallest absolute Gasteiger partial charge is 0.0448 e. The minimum Gasteiger partial charge on any atom is -0.401 e. The number of nitrogens with zero attached hydrogens (tertiary/aromatic N) is 1. The van der Waals surface area contributed by atoms with E-state index in [-0.39, 0.29) is 0 Å². The zero-order valence-electron chi connectivity index (χ0n) is 6.38. The fraction of sp³-hybridized carbons (Fsp3) is 0.375. The Morgan fingerprint density at radius 3 is 2.50 bits per heavy atom. The van der Waals surface area contributed by atoms with Gasteiger partial charge >= 0.3 is 0 Å². The quantitative estimate of drug-likeness (QED) is 0.466. The van der Waals surface area contributed by atoms with Crippen molar-refractivity contribution >= 4 is 6.72 Å². The van der Waals surface area contributed by atoms with E-state index < -0.39 is 0 Å². The third-order valence-corrected chi connectivity index (χ3v) is 0.796. The van der Waals surface area contributed by atoms with Gasteiger partial charge in [-0.1, -0.05) is 13.3 Å². The summed E-state index contributed by atoms with van der Waals surface area (Å²) < 4.78 is 0. The lowest BCUT2D eigenvalue weighted by atomic mass is 10.3. The summed E-state index contributed by atoms with van der Waals surface area (Å²) in [6.07, 6.45) is 11.6. The monoisotopic (exact) mass is 138 g/mol. The molecule has 0 fully saturated rings. The Kier molecular flexibility index (Phi) is 12.4. The standard InChI is InChI=1S/C6H12N2.C2H2/c1-3-4-6(7)5-8-2;1-2/h5H,2-4,7H2,1H3;1-2H/b6-5-;. The molecule has 10 heavy (non-hydrogen) atoms. The number of aliphatic imine (C=N–C) groups is 1. The zero-order valence-corrected chi connectivity index (χ0v) is 6.38. The molecule has 0 aliphatic rings. The summed E-state index contributed by atoms with van der Waals surface area (Å²) in [4.78, 5) is 3.52. The molecular weight excluding hydrogens is 124 g/mol. The van der Waals surface area contributed by atoms with Crippen molar-refractivity contribution in [3.8, 4) is 12.8 Å². The molecule has 56 valence electrons. The lowest BCUT2D eigenvalue weighted by Gasteiger charge is -1.91. The van der Waals surface area contributed by atoms with Crippen LogP contribution >= 0.6 is 0 Å². The van der Waals surface area contributed by atoms with Crippen LogP contribution in [0.4, 0.5) is 0 Å². The molecular formula is C8H14N2. The van der Waals surface area contributed by atoms with Crippen molar-refractivity contribution in [2.75, 3.05) is 0 Å². The van der Waals surface area contributed by atoms with Gasteiger partial charge in [0.2, 0.25) is 0 Å². The highest BCUT2D eigenvalue weighted by atomic mass is 14.7. The van der Waals surface area contributed by atoms with Gasteiger partial charge in [0, 0.05) is 11.9 Å². The van der Waals surface area contributed by atoms with Crippen molar-refractivity contribution in [3.63, 3.8) is 0 Å². The van der Waals surface area contributed by atoms with Gasteiger partial charge in [-0.2, -0.15) is 0 Å². The van der Waals surface area contributed by atoms with Gasteiger partial charge in [-0.05, 0) is 13.1 Å².